The van der Waals surface area contributed by atoms with Gasteiger partial charge >= 0.3 is 12.1 Å². The van der Waals surface area contributed by atoms with Crippen LogP contribution in [0.25, 0.3) is 0 Å². The molecule has 3 nitrogen and oxygen atoms in total. The van der Waals surface area contributed by atoms with Crippen LogP contribution in [0.15, 0.2) is 24.3 Å². The quantitative estimate of drug-likeness (QED) is 0.895. The normalized spacial score (nSPS) is 13.1. The molecule has 0 aliphatic carbocycles. The van der Waals surface area contributed by atoms with Gasteiger partial charge in [-0.25, -0.2) is 4.79 Å². The molecule has 0 spiro atoms. The van der Waals surface area contributed by atoms with Crippen LogP contribution in [-0.4, -0.2) is 23.7 Å². The van der Waals surface area contributed by atoms with Crippen LogP contribution >= 0.6 is 0 Å². The molecule has 1 aromatic rings. The van der Waals surface area contributed by atoms with Crippen molar-refractivity contribution in [3.05, 3.63) is 29.8 Å². The average molecular weight is 275 g/mol. The molecule has 19 heavy (non-hydrogen) atoms. The SMILES string of the molecule is CCC(C(=O)O)N(CC)c1cccc(C(F)(F)F)c1. The molecule has 1 atom stereocenters. The van der Waals surface area contributed by atoms with Gasteiger partial charge < -0.3 is 10.0 Å². The van der Waals surface area contributed by atoms with Crippen molar-refractivity contribution in [1.29, 1.82) is 0 Å². The molecule has 1 unspecified atom stereocenters. The van der Waals surface area contributed by atoms with Crippen molar-refractivity contribution in [2.75, 3.05) is 11.4 Å². The van der Waals surface area contributed by atoms with E-state index >= 15 is 0 Å². The van der Waals surface area contributed by atoms with Gasteiger partial charge in [0.15, 0.2) is 0 Å². The van der Waals surface area contributed by atoms with Crippen molar-refractivity contribution in [2.45, 2.75) is 32.5 Å². The fraction of sp³-hybridized carbons (Fsp3) is 0.462. The van der Waals surface area contributed by atoms with Gasteiger partial charge in [0, 0.05) is 12.2 Å². The summed E-state index contributed by atoms with van der Waals surface area (Å²) in [4.78, 5) is 12.6. The number of carboxylic acids is 1. The van der Waals surface area contributed by atoms with Crippen molar-refractivity contribution in [3.8, 4) is 0 Å². The molecular weight excluding hydrogens is 259 g/mol. The van der Waals surface area contributed by atoms with Crippen LogP contribution < -0.4 is 4.90 Å². The Morgan fingerprint density at radius 3 is 2.42 bits per heavy atom. The molecule has 0 saturated heterocycles. The highest BCUT2D eigenvalue weighted by atomic mass is 19.4. The number of benzene rings is 1. The first-order chi connectivity index (χ1) is 8.81. The van der Waals surface area contributed by atoms with Crippen LogP contribution in [0.2, 0.25) is 0 Å². The highest BCUT2D eigenvalue weighted by Gasteiger charge is 2.31. The Bertz CT molecular complexity index is 446. The van der Waals surface area contributed by atoms with E-state index in [1.165, 1.54) is 17.0 Å². The molecule has 106 valence electrons. The number of likely N-dealkylation sites (N-methyl/N-ethyl adjacent to an activating group) is 1. The first-order valence-electron chi connectivity index (χ1n) is 5.98. The minimum absolute atomic E-state index is 0.270. The molecule has 0 saturated carbocycles. The molecule has 6 heteroatoms. The number of halogens is 3. The van der Waals surface area contributed by atoms with Crippen LogP contribution in [0.1, 0.15) is 25.8 Å². The summed E-state index contributed by atoms with van der Waals surface area (Å²) < 4.78 is 37.9. The standard InChI is InChI=1S/C13H16F3NO2/c1-3-11(12(18)19)17(4-2)10-7-5-6-9(8-10)13(14,15)16/h5-8,11H,3-4H2,1-2H3,(H,18,19). The summed E-state index contributed by atoms with van der Waals surface area (Å²) in [7, 11) is 0. The van der Waals surface area contributed by atoms with Crippen molar-refractivity contribution in [2.24, 2.45) is 0 Å². The van der Waals surface area contributed by atoms with E-state index in [4.69, 9.17) is 5.11 Å². The van der Waals surface area contributed by atoms with Gasteiger partial charge in [0.25, 0.3) is 0 Å². The number of anilines is 1. The lowest BCUT2D eigenvalue weighted by atomic mass is 10.1. The predicted molar refractivity (Wildman–Crippen MR) is 66.2 cm³/mol. The summed E-state index contributed by atoms with van der Waals surface area (Å²) in [5.74, 6) is -1.04. The number of carboxylic acid groups (broad SMARTS) is 1. The lowest BCUT2D eigenvalue weighted by molar-refractivity contribution is -0.138. The molecule has 1 N–H and O–H groups in total. The highest BCUT2D eigenvalue weighted by Crippen LogP contribution is 2.32. The van der Waals surface area contributed by atoms with Gasteiger partial charge in [-0.2, -0.15) is 13.2 Å². The zero-order valence-corrected chi connectivity index (χ0v) is 10.7. The topological polar surface area (TPSA) is 40.5 Å². The van der Waals surface area contributed by atoms with Gasteiger partial charge in [0.1, 0.15) is 6.04 Å². The number of aliphatic carboxylic acids is 1. The van der Waals surface area contributed by atoms with Crippen LogP contribution in [-0.2, 0) is 11.0 Å². The highest BCUT2D eigenvalue weighted by molar-refractivity contribution is 5.78. The summed E-state index contributed by atoms with van der Waals surface area (Å²) in [5.41, 5.74) is -0.504. The molecule has 0 aliphatic rings. The summed E-state index contributed by atoms with van der Waals surface area (Å²) in [5, 5.41) is 9.10. The van der Waals surface area contributed by atoms with E-state index in [-0.39, 0.29) is 5.69 Å². The van der Waals surface area contributed by atoms with E-state index in [0.29, 0.717) is 13.0 Å². The summed E-state index contributed by atoms with van der Waals surface area (Å²) >= 11 is 0. The summed E-state index contributed by atoms with van der Waals surface area (Å²) in [6.07, 6.45) is -4.11. The van der Waals surface area contributed by atoms with Crippen molar-refractivity contribution in [3.63, 3.8) is 0 Å². The Balaban J connectivity index is 3.15. The molecule has 0 radical (unpaired) electrons. The fourth-order valence-corrected chi connectivity index (χ4v) is 1.97. The van der Waals surface area contributed by atoms with Gasteiger partial charge in [-0.3, -0.25) is 0 Å². The van der Waals surface area contributed by atoms with Crippen LogP contribution in [0, 0.1) is 0 Å². The van der Waals surface area contributed by atoms with Crippen molar-refractivity contribution < 1.29 is 23.1 Å². The van der Waals surface area contributed by atoms with E-state index in [1.807, 2.05) is 0 Å². The molecule has 0 bridgehead atoms. The minimum atomic E-state index is -4.43. The van der Waals surface area contributed by atoms with Crippen LogP contribution in [0.4, 0.5) is 18.9 Å². The number of alkyl halides is 3. The van der Waals surface area contributed by atoms with E-state index in [2.05, 4.69) is 0 Å². The monoisotopic (exact) mass is 275 g/mol. The number of rotatable bonds is 5. The van der Waals surface area contributed by atoms with Crippen molar-refractivity contribution >= 4 is 11.7 Å². The third-order valence-corrected chi connectivity index (χ3v) is 2.89. The minimum Gasteiger partial charge on any atom is -0.480 e. The maximum Gasteiger partial charge on any atom is 0.416 e. The largest absolute Gasteiger partial charge is 0.480 e. The van der Waals surface area contributed by atoms with E-state index in [0.717, 1.165) is 12.1 Å². The lowest BCUT2D eigenvalue weighted by Crippen LogP contribution is -2.40. The molecule has 0 aliphatic heterocycles. The average Bonchev–Trinajstić information content (AvgIpc) is 2.34. The molecule has 0 fully saturated rings. The molecular formula is C13H16F3NO2. The zero-order chi connectivity index (χ0) is 14.6. The van der Waals surface area contributed by atoms with Crippen LogP contribution in [0.5, 0.6) is 0 Å². The maximum atomic E-state index is 12.6. The van der Waals surface area contributed by atoms with Gasteiger partial charge in [-0.05, 0) is 31.5 Å². The molecule has 1 aromatic carbocycles. The Labute approximate surface area is 109 Å². The number of hydrogen-bond acceptors (Lipinski definition) is 2. The summed E-state index contributed by atoms with van der Waals surface area (Å²) in [6.45, 7) is 3.73. The smallest absolute Gasteiger partial charge is 0.416 e. The lowest BCUT2D eigenvalue weighted by Gasteiger charge is -2.29. The first kappa shape index (κ1) is 15.3. The second kappa shape index (κ2) is 5.95. The first-order valence-corrected chi connectivity index (χ1v) is 5.98. The van der Waals surface area contributed by atoms with Crippen molar-refractivity contribution in [1.82, 2.24) is 0 Å². The van der Waals surface area contributed by atoms with E-state index in [1.54, 1.807) is 13.8 Å². The second-order valence-corrected chi connectivity index (χ2v) is 4.10. The van der Waals surface area contributed by atoms with Gasteiger partial charge in [0.2, 0.25) is 0 Å². The fourth-order valence-electron chi connectivity index (χ4n) is 1.97. The Morgan fingerprint density at radius 1 is 1.37 bits per heavy atom. The van der Waals surface area contributed by atoms with Gasteiger partial charge in [-0.1, -0.05) is 13.0 Å². The Hall–Kier alpha value is -1.72. The number of carbonyl (C=O) groups is 1. The predicted octanol–water partition coefficient (Wildman–Crippen LogP) is 3.39. The molecule has 0 amide bonds. The van der Waals surface area contributed by atoms with E-state index in [9.17, 15) is 18.0 Å². The van der Waals surface area contributed by atoms with E-state index < -0.39 is 23.8 Å². The van der Waals surface area contributed by atoms with Gasteiger partial charge in [0.05, 0.1) is 5.56 Å². The molecule has 0 heterocycles. The zero-order valence-electron chi connectivity index (χ0n) is 10.7. The number of nitrogens with zero attached hydrogens (tertiary/aromatic N) is 1. The Kier molecular flexibility index (Phi) is 4.80. The maximum absolute atomic E-state index is 12.6. The number of hydrogen-bond donors (Lipinski definition) is 1. The molecule has 1 rings (SSSR count). The second-order valence-electron chi connectivity index (χ2n) is 4.10. The third kappa shape index (κ3) is 3.62. The summed E-state index contributed by atoms with van der Waals surface area (Å²) in [6, 6.07) is 3.90. The van der Waals surface area contributed by atoms with Gasteiger partial charge in [-0.15, -0.1) is 0 Å². The third-order valence-electron chi connectivity index (χ3n) is 2.89. The molecule has 0 aromatic heterocycles. The Morgan fingerprint density at radius 2 is 2.00 bits per heavy atom. The van der Waals surface area contributed by atoms with Crippen LogP contribution in [0.3, 0.4) is 0 Å².